The Morgan fingerprint density at radius 2 is 1.75 bits per heavy atom. The van der Waals surface area contributed by atoms with Gasteiger partial charge >= 0.3 is 15.6 Å². The molecule has 1 aromatic rings. The fourth-order valence-electron chi connectivity index (χ4n) is 0.628. The van der Waals surface area contributed by atoms with Gasteiger partial charge in [-0.1, -0.05) is 17.7 Å². The molecule has 0 fully saturated rings. The molecule has 0 atom stereocenters. The summed E-state index contributed by atoms with van der Waals surface area (Å²) in [6, 6.07) is 8.05. The van der Waals surface area contributed by atoms with Crippen LogP contribution in [0.4, 0.5) is 13.2 Å². The van der Waals surface area contributed by atoms with Gasteiger partial charge < -0.3 is 0 Å². The van der Waals surface area contributed by atoms with E-state index >= 15 is 0 Å². The van der Waals surface area contributed by atoms with Gasteiger partial charge in [0.25, 0.3) is 0 Å². The zero-order chi connectivity index (χ0) is 13.0. The average molecular weight is 274 g/mol. The first-order valence-corrected chi connectivity index (χ1v) is 5.72. The second-order valence-electron chi connectivity index (χ2n) is 2.76. The molecule has 0 saturated carbocycles. The highest BCUT2D eigenvalue weighted by molar-refractivity contribution is 7.86. The molecule has 92 valence electrons. The van der Waals surface area contributed by atoms with Crippen molar-refractivity contribution in [1.82, 2.24) is 0 Å². The van der Waals surface area contributed by atoms with Crippen molar-refractivity contribution < 1.29 is 26.1 Å². The van der Waals surface area contributed by atoms with Gasteiger partial charge in [0, 0.05) is 4.90 Å². The Hall–Kier alpha value is -0.730. The number of rotatable bonds is 0. The highest BCUT2D eigenvalue weighted by atomic mass is 32.2. The van der Waals surface area contributed by atoms with Crippen LogP contribution >= 0.6 is 12.6 Å². The number of benzene rings is 1. The molecule has 0 amide bonds. The molecule has 0 spiro atoms. The fraction of sp³-hybridized carbons (Fsp3) is 0.250. The van der Waals surface area contributed by atoms with Crippen molar-refractivity contribution in [3.8, 4) is 0 Å². The van der Waals surface area contributed by atoms with Gasteiger partial charge in [-0.3, -0.25) is 4.55 Å². The first-order valence-electron chi connectivity index (χ1n) is 3.83. The normalized spacial score (nSPS) is 11.6. The number of alkyl halides is 3. The first-order chi connectivity index (χ1) is 7.04. The highest BCUT2D eigenvalue weighted by Gasteiger charge is 2.44. The van der Waals surface area contributed by atoms with Crippen LogP contribution in [0.2, 0.25) is 0 Å². The van der Waals surface area contributed by atoms with Crippen LogP contribution in [0.5, 0.6) is 0 Å². The van der Waals surface area contributed by atoms with Crippen molar-refractivity contribution in [3.63, 3.8) is 0 Å². The molecular formula is C8H9F3O3S2. The monoisotopic (exact) mass is 274 g/mol. The molecule has 0 radical (unpaired) electrons. The van der Waals surface area contributed by atoms with Crippen molar-refractivity contribution in [2.24, 2.45) is 0 Å². The zero-order valence-electron chi connectivity index (χ0n) is 8.06. The van der Waals surface area contributed by atoms with Crippen LogP contribution in [0.25, 0.3) is 0 Å². The van der Waals surface area contributed by atoms with Crippen molar-refractivity contribution in [3.05, 3.63) is 29.8 Å². The Balaban J connectivity index is 0.000000281. The summed E-state index contributed by atoms with van der Waals surface area (Å²) < 4.78 is 57.5. The van der Waals surface area contributed by atoms with Gasteiger partial charge in [0.15, 0.2) is 0 Å². The van der Waals surface area contributed by atoms with E-state index in [1.807, 2.05) is 18.2 Å². The van der Waals surface area contributed by atoms with Crippen LogP contribution in [-0.2, 0) is 10.1 Å². The van der Waals surface area contributed by atoms with E-state index in [0.717, 1.165) is 4.90 Å². The summed E-state index contributed by atoms with van der Waals surface area (Å²) in [6.45, 7) is 2.06. The first kappa shape index (κ1) is 15.3. The van der Waals surface area contributed by atoms with Gasteiger partial charge in [-0.25, -0.2) is 0 Å². The predicted octanol–water partition coefficient (Wildman–Crippen LogP) is 2.68. The summed E-state index contributed by atoms with van der Waals surface area (Å²) in [7, 11) is -5.84. The van der Waals surface area contributed by atoms with Gasteiger partial charge in [0.2, 0.25) is 0 Å². The molecule has 1 N–H and O–H groups in total. The molecule has 0 saturated heterocycles. The van der Waals surface area contributed by atoms with E-state index in [1.54, 1.807) is 0 Å². The van der Waals surface area contributed by atoms with E-state index < -0.39 is 15.6 Å². The van der Waals surface area contributed by atoms with Crippen LogP contribution in [0.3, 0.4) is 0 Å². The van der Waals surface area contributed by atoms with Gasteiger partial charge in [0.1, 0.15) is 0 Å². The Morgan fingerprint density at radius 3 is 1.94 bits per heavy atom. The summed E-state index contributed by atoms with van der Waals surface area (Å²) in [5.41, 5.74) is -4.27. The van der Waals surface area contributed by atoms with Crippen molar-refractivity contribution in [2.45, 2.75) is 17.3 Å². The topological polar surface area (TPSA) is 54.4 Å². The lowest BCUT2D eigenvalue weighted by molar-refractivity contribution is -0.0510. The summed E-state index contributed by atoms with van der Waals surface area (Å²) in [5.74, 6) is 0. The zero-order valence-corrected chi connectivity index (χ0v) is 9.77. The molecule has 0 aliphatic rings. The summed E-state index contributed by atoms with van der Waals surface area (Å²) in [5, 5.41) is 0. The smallest absolute Gasteiger partial charge is 0.279 e. The lowest BCUT2D eigenvalue weighted by Gasteiger charge is -1.97. The number of halogens is 3. The fourth-order valence-corrected chi connectivity index (χ4v) is 0.918. The predicted molar refractivity (Wildman–Crippen MR) is 56.0 cm³/mol. The third kappa shape index (κ3) is 5.99. The largest absolute Gasteiger partial charge is 0.522 e. The van der Waals surface area contributed by atoms with Gasteiger partial charge in [0.05, 0.1) is 0 Å². The van der Waals surface area contributed by atoms with E-state index in [9.17, 15) is 13.2 Å². The van der Waals surface area contributed by atoms with E-state index in [1.165, 1.54) is 5.56 Å². The lowest BCUT2D eigenvalue weighted by atomic mass is 10.2. The molecule has 1 rings (SSSR count). The second-order valence-corrected chi connectivity index (χ2v) is 4.69. The van der Waals surface area contributed by atoms with Crippen LogP contribution in [-0.4, -0.2) is 18.5 Å². The van der Waals surface area contributed by atoms with Gasteiger partial charge in [-0.2, -0.15) is 21.6 Å². The average Bonchev–Trinajstić information content (AvgIpc) is 2.00. The third-order valence-electron chi connectivity index (χ3n) is 1.29. The quantitative estimate of drug-likeness (QED) is 0.434. The van der Waals surface area contributed by atoms with Crippen LogP contribution in [0, 0.1) is 6.92 Å². The molecule has 16 heavy (non-hydrogen) atoms. The van der Waals surface area contributed by atoms with Crippen molar-refractivity contribution >= 4 is 22.7 Å². The lowest BCUT2D eigenvalue weighted by Crippen LogP contribution is -2.21. The maximum Gasteiger partial charge on any atom is 0.522 e. The van der Waals surface area contributed by atoms with E-state index in [-0.39, 0.29) is 0 Å². The third-order valence-corrected chi connectivity index (χ3v) is 2.16. The minimum Gasteiger partial charge on any atom is -0.279 e. The molecule has 0 aliphatic carbocycles. The minimum atomic E-state index is -5.84. The molecule has 0 aromatic heterocycles. The molecule has 0 bridgehead atoms. The molecule has 1 aromatic carbocycles. The maximum atomic E-state index is 10.7. The molecule has 0 unspecified atom stereocenters. The van der Waals surface area contributed by atoms with Crippen molar-refractivity contribution in [1.29, 1.82) is 0 Å². The number of thiol groups is 1. The molecule has 0 aliphatic heterocycles. The highest BCUT2D eigenvalue weighted by Crippen LogP contribution is 2.20. The van der Waals surface area contributed by atoms with E-state index in [4.69, 9.17) is 13.0 Å². The van der Waals surface area contributed by atoms with Crippen LogP contribution in [0.15, 0.2) is 29.2 Å². The Labute approximate surface area is 96.4 Å². The van der Waals surface area contributed by atoms with Crippen molar-refractivity contribution in [2.75, 3.05) is 0 Å². The molecule has 3 nitrogen and oxygen atoms in total. The summed E-state index contributed by atoms with van der Waals surface area (Å²) >= 11 is 4.15. The maximum absolute atomic E-state index is 10.7. The van der Waals surface area contributed by atoms with Crippen LogP contribution in [0.1, 0.15) is 5.56 Å². The molecule has 0 heterocycles. The number of hydrogen-bond donors (Lipinski definition) is 2. The number of aryl methyl sites for hydroxylation is 1. The summed E-state index contributed by atoms with van der Waals surface area (Å²) in [6.07, 6.45) is 0. The Kier molecular flexibility index (Phi) is 5.30. The van der Waals surface area contributed by atoms with E-state index in [2.05, 4.69) is 25.6 Å². The number of hydrogen-bond acceptors (Lipinski definition) is 3. The van der Waals surface area contributed by atoms with Gasteiger partial charge in [-0.05, 0) is 19.1 Å². The Bertz CT molecular complexity index is 423. The molecule has 8 heteroatoms. The summed E-state index contributed by atoms with van der Waals surface area (Å²) in [4.78, 5) is 1.03. The van der Waals surface area contributed by atoms with Crippen LogP contribution < -0.4 is 0 Å². The standard InChI is InChI=1S/C7H8S.CHF3O3S/c1-6-3-2-4-7(8)5-6;2-1(3,4)8(5,6)7/h2-5,8H,1H3;(H,5,6,7). The van der Waals surface area contributed by atoms with E-state index in [0.29, 0.717) is 0 Å². The minimum absolute atomic E-state index is 1.03. The Morgan fingerprint density at radius 1 is 1.31 bits per heavy atom. The molecular weight excluding hydrogens is 265 g/mol. The SMILES string of the molecule is Cc1cccc(S)c1.O=S(=O)(O)C(F)(F)F. The second kappa shape index (κ2) is 5.55. The van der Waals surface area contributed by atoms with Gasteiger partial charge in [-0.15, -0.1) is 12.6 Å².